The van der Waals surface area contributed by atoms with Gasteiger partial charge in [-0.05, 0) is 30.3 Å². The van der Waals surface area contributed by atoms with Gasteiger partial charge in [0.2, 0.25) is 12.4 Å². The molecule has 1 aromatic heterocycles. The summed E-state index contributed by atoms with van der Waals surface area (Å²) in [6.45, 7) is 2.11. The van der Waals surface area contributed by atoms with Crippen molar-refractivity contribution in [3.63, 3.8) is 0 Å². The van der Waals surface area contributed by atoms with E-state index in [0.29, 0.717) is 37.8 Å². The largest absolute Gasteiger partial charge is 0.342 e. The number of rotatable bonds is 4. The number of benzene rings is 1. The van der Waals surface area contributed by atoms with E-state index < -0.39 is 0 Å². The van der Waals surface area contributed by atoms with Gasteiger partial charge in [0.05, 0.1) is 0 Å². The molecule has 3 rings (SSSR count). The molecule has 0 bridgehead atoms. The minimum absolute atomic E-state index is 0.151. The molecule has 1 saturated heterocycles. The van der Waals surface area contributed by atoms with Crippen LogP contribution in [0.15, 0.2) is 41.0 Å². The standard InChI is InChI=1S/C16H16BrN5O2/c17-12-1-3-13(4-2-12)19-16-18-6-5-14(20-16)15(24)22-9-7-21(11-23)8-10-22/h1-6,11H,7-10H2,(H,18,19,20). The van der Waals surface area contributed by atoms with E-state index in [0.717, 1.165) is 16.6 Å². The Labute approximate surface area is 147 Å². The first-order valence-corrected chi connectivity index (χ1v) is 8.29. The summed E-state index contributed by atoms with van der Waals surface area (Å²) >= 11 is 3.38. The third-order valence-electron chi connectivity index (χ3n) is 3.73. The topological polar surface area (TPSA) is 78.4 Å². The number of halogens is 1. The Balaban J connectivity index is 1.69. The highest BCUT2D eigenvalue weighted by Crippen LogP contribution is 2.17. The van der Waals surface area contributed by atoms with Gasteiger partial charge in [0.15, 0.2) is 0 Å². The second kappa shape index (κ2) is 7.39. The molecule has 124 valence electrons. The number of nitrogens with zero attached hydrogens (tertiary/aromatic N) is 4. The molecule has 0 atom stereocenters. The van der Waals surface area contributed by atoms with Crippen LogP contribution >= 0.6 is 15.9 Å². The lowest BCUT2D eigenvalue weighted by atomic mass is 10.3. The Morgan fingerprint density at radius 1 is 1.12 bits per heavy atom. The second-order valence-electron chi connectivity index (χ2n) is 5.33. The lowest BCUT2D eigenvalue weighted by Crippen LogP contribution is -2.48. The van der Waals surface area contributed by atoms with Crippen LogP contribution in [-0.2, 0) is 4.79 Å². The van der Waals surface area contributed by atoms with E-state index in [2.05, 4.69) is 31.2 Å². The smallest absolute Gasteiger partial charge is 0.272 e. The van der Waals surface area contributed by atoms with Crippen molar-refractivity contribution in [1.82, 2.24) is 19.8 Å². The third kappa shape index (κ3) is 3.88. The fourth-order valence-corrected chi connectivity index (χ4v) is 2.66. The molecule has 7 nitrogen and oxygen atoms in total. The molecule has 24 heavy (non-hydrogen) atoms. The Bertz CT molecular complexity index is 730. The van der Waals surface area contributed by atoms with Gasteiger partial charge in [-0.3, -0.25) is 9.59 Å². The summed E-state index contributed by atoms with van der Waals surface area (Å²) in [7, 11) is 0. The van der Waals surface area contributed by atoms with Gasteiger partial charge >= 0.3 is 0 Å². The SMILES string of the molecule is O=CN1CCN(C(=O)c2ccnc(Nc3ccc(Br)cc3)n2)CC1. The lowest BCUT2D eigenvalue weighted by Gasteiger charge is -2.32. The van der Waals surface area contributed by atoms with E-state index in [-0.39, 0.29) is 5.91 Å². The van der Waals surface area contributed by atoms with Crippen LogP contribution in [0.1, 0.15) is 10.5 Å². The van der Waals surface area contributed by atoms with Gasteiger partial charge in [-0.2, -0.15) is 0 Å². The van der Waals surface area contributed by atoms with Crippen LogP contribution in [0.5, 0.6) is 0 Å². The molecular weight excluding hydrogens is 374 g/mol. The highest BCUT2D eigenvalue weighted by molar-refractivity contribution is 9.10. The molecule has 1 fully saturated rings. The minimum atomic E-state index is -0.151. The van der Waals surface area contributed by atoms with Crippen molar-refractivity contribution in [2.24, 2.45) is 0 Å². The van der Waals surface area contributed by atoms with Crippen LogP contribution in [0.4, 0.5) is 11.6 Å². The molecule has 1 aliphatic rings. The molecule has 8 heteroatoms. The second-order valence-corrected chi connectivity index (χ2v) is 6.25. The predicted octanol–water partition coefficient (Wildman–Crippen LogP) is 1.90. The highest BCUT2D eigenvalue weighted by atomic mass is 79.9. The van der Waals surface area contributed by atoms with Crippen molar-refractivity contribution in [1.29, 1.82) is 0 Å². The number of carbonyl (C=O) groups is 2. The zero-order valence-electron chi connectivity index (χ0n) is 12.9. The summed E-state index contributed by atoms with van der Waals surface area (Å²) in [5, 5.41) is 3.08. The molecule has 1 aliphatic heterocycles. The fraction of sp³-hybridized carbons (Fsp3) is 0.250. The zero-order valence-corrected chi connectivity index (χ0v) is 14.4. The Kier molecular flexibility index (Phi) is 5.05. The molecule has 2 amide bonds. The maximum atomic E-state index is 12.5. The zero-order chi connectivity index (χ0) is 16.9. The number of carbonyl (C=O) groups excluding carboxylic acids is 2. The van der Waals surface area contributed by atoms with Gasteiger partial charge in [-0.15, -0.1) is 0 Å². The van der Waals surface area contributed by atoms with Gasteiger partial charge in [-0.1, -0.05) is 15.9 Å². The van der Waals surface area contributed by atoms with Crippen molar-refractivity contribution in [2.75, 3.05) is 31.5 Å². The van der Waals surface area contributed by atoms with Crippen molar-refractivity contribution in [2.45, 2.75) is 0 Å². The quantitative estimate of drug-likeness (QED) is 0.807. The fourth-order valence-electron chi connectivity index (χ4n) is 2.39. The Morgan fingerprint density at radius 3 is 2.50 bits per heavy atom. The molecule has 0 spiro atoms. The number of nitrogens with one attached hydrogen (secondary N) is 1. The molecule has 2 aromatic rings. The van der Waals surface area contributed by atoms with E-state index in [4.69, 9.17) is 0 Å². The van der Waals surface area contributed by atoms with E-state index in [1.54, 1.807) is 22.1 Å². The summed E-state index contributed by atoms with van der Waals surface area (Å²) in [6.07, 6.45) is 2.37. The van der Waals surface area contributed by atoms with E-state index >= 15 is 0 Å². The molecular formula is C16H16BrN5O2. The number of piperazine rings is 1. The number of anilines is 2. The molecule has 1 aromatic carbocycles. The van der Waals surface area contributed by atoms with Crippen molar-refractivity contribution in [3.05, 3.63) is 46.7 Å². The van der Waals surface area contributed by atoms with Crippen LogP contribution in [0.2, 0.25) is 0 Å². The van der Waals surface area contributed by atoms with Crippen LogP contribution in [0.3, 0.4) is 0 Å². The van der Waals surface area contributed by atoms with Crippen LogP contribution < -0.4 is 5.32 Å². The van der Waals surface area contributed by atoms with Crippen LogP contribution in [-0.4, -0.2) is 58.3 Å². The van der Waals surface area contributed by atoms with Crippen LogP contribution in [0, 0.1) is 0 Å². The average Bonchev–Trinajstić information content (AvgIpc) is 2.63. The summed E-state index contributed by atoms with van der Waals surface area (Å²) in [4.78, 5) is 35.1. The summed E-state index contributed by atoms with van der Waals surface area (Å²) in [5.74, 6) is 0.219. The normalized spacial score (nSPS) is 14.4. The van der Waals surface area contributed by atoms with Gasteiger partial charge in [0.1, 0.15) is 5.69 Å². The predicted molar refractivity (Wildman–Crippen MR) is 93.0 cm³/mol. The first kappa shape index (κ1) is 16.4. The van der Waals surface area contributed by atoms with Gasteiger partial charge < -0.3 is 15.1 Å². The maximum Gasteiger partial charge on any atom is 0.272 e. The van der Waals surface area contributed by atoms with Gasteiger partial charge in [-0.25, -0.2) is 9.97 Å². The van der Waals surface area contributed by atoms with Crippen molar-refractivity contribution < 1.29 is 9.59 Å². The number of amides is 2. The van der Waals surface area contributed by atoms with E-state index in [1.807, 2.05) is 24.3 Å². The Morgan fingerprint density at radius 2 is 1.83 bits per heavy atom. The summed E-state index contributed by atoms with van der Waals surface area (Å²) in [5.41, 5.74) is 1.17. The highest BCUT2D eigenvalue weighted by Gasteiger charge is 2.22. The van der Waals surface area contributed by atoms with Gasteiger partial charge in [0.25, 0.3) is 5.91 Å². The van der Waals surface area contributed by atoms with E-state index in [9.17, 15) is 9.59 Å². The molecule has 2 heterocycles. The maximum absolute atomic E-state index is 12.5. The van der Waals surface area contributed by atoms with E-state index in [1.165, 1.54) is 0 Å². The Hall–Kier alpha value is -2.48. The molecule has 0 saturated carbocycles. The number of hydrogen-bond donors (Lipinski definition) is 1. The summed E-state index contributed by atoms with van der Waals surface area (Å²) < 4.78 is 0.979. The number of aromatic nitrogens is 2. The number of hydrogen-bond acceptors (Lipinski definition) is 5. The van der Waals surface area contributed by atoms with Crippen molar-refractivity contribution >= 4 is 39.9 Å². The minimum Gasteiger partial charge on any atom is -0.342 e. The molecule has 0 aliphatic carbocycles. The summed E-state index contributed by atoms with van der Waals surface area (Å²) in [6, 6.07) is 9.19. The van der Waals surface area contributed by atoms with Crippen molar-refractivity contribution in [3.8, 4) is 0 Å². The monoisotopic (exact) mass is 389 g/mol. The van der Waals surface area contributed by atoms with Crippen LogP contribution in [0.25, 0.3) is 0 Å². The third-order valence-corrected chi connectivity index (χ3v) is 4.25. The first-order valence-electron chi connectivity index (χ1n) is 7.50. The first-order chi connectivity index (χ1) is 11.7. The van der Waals surface area contributed by atoms with Gasteiger partial charge in [0, 0.05) is 42.5 Å². The molecule has 0 radical (unpaired) electrons. The lowest BCUT2D eigenvalue weighted by molar-refractivity contribution is -0.119. The average molecular weight is 390 g/mol. The molecule has 0 unspecified atom stereocenters. The molecule has 1 N–H and O–H groups in total.